The summed E-state index contributed by atoms with van der Waals surface area (Å²) in [4.78, 5) is 0. The average molecular weight is 223 g/mol. The number of nitrogens with two attached hydrogens (primary N) is 1. The molecule has 3 N–H and O–H groups in total. The lowest BCUT2D eigenvalue weighted by Crippen LogP contribution is -2.40. The summed E-state index contributed by atoms with van der Waals surface area (Å²) < 4.78 is 5.52. The van der Waals surface area contributed by atoms with Gasteiger partial charge in [-0.05, 0) is 30.5 Å². The number of rotatable bonds is 5. The highest BCUT2D eigenvalue weighted by Crippen LogP contribution is 2.20. The van der Waals surface area contributed by atoms with Gasteiger partial charge in [0.2, 0.25) is 0 Å². The normalized spacial score (nSPS) is 14.9. The third-order valence-corrected chi connectivity index (χ3v) is 2.51. The average Bonchev–Trinajstić information content (AvgIpc) is 2.27. The Morgan fingerprint density at radius 3 is 2.69 bits per heavy atom. The van der Waals surface area contributed by atoms with E-state index in [2.05, 4.69) is 19.9 Å². The van der Waals surface area contributed by atoms with E-state index in [1.54, 1.807) is 6.92 Å². The molecular formula is C13H21NO2. The number of aliphatic hydroxyl groups is 1. The van der Waals surface area contributed by atoms with Crippen LogP contribution < -0.4 is 10.5 Å². The molecule has 16 heavy (non-hydrogen) atoms. The summed E-state index contributed by atoms with van der Waals surface area (Å²) in [6.07, 6.45) is 0. The summed E-state index contributed by atoms with van der Waals surface area (Å²) in [5.74, 6) is 1.25. The Hall–Kier alpha value is -1.06. The maximum absolute atomic E-state index is 9.71. The van der Waals surface area contributed by atoms with E-state index >= 15 is 0 Å². The van der Waals surface area contributed by atoms with Crippen LogP contribution in [0.5, 0.6) is 5.75 Å². The van der Waals surface area contributed by atoms with E-state index in [0.29, 0.717) is 5.92 Å². The van der Waals surface area contributed by atoms with Gasteiger partial charge in [0.15, 0.2) is 0 Å². The van der Waals surface area contributed by atoms with Crippen LogP contribution in [0.15, 0.2) is 24.3 Å². The fourth-order valence-corrected chi connectivity index (χ4v) is 1.26. The Morgan fingerprint density at radius 2 is 2.12 bits per heavy atom. The zero-order chi connectivity index (χ0) is 12.2. The standard InChI is InChI=1S/C13H21NO2/c1-10(2)11-5-4-6-12(7-11)16-9-13(3,15)8-14/h4-7,10,15H,8-9,14H2,1-3H3. The van der Waals surface area contributed by atoms with Gasteiger partial charge in [-0.1, -0.05) is 26.0 Å². The molecule has 90 valence electrons. The second-order valence-corrected chi connectivity index (χ2v) is 4.72. The van der Waals surface area contributed by atoms with Crippen LogP contribution >= 0.6 is 0 Å². The summed E-state index contributed by atoms with van der Waals surface area (Å²) in [5, 5.41) is 9.71. The summed E-state index contributed by atoms with van der Waals surface area (Å²) >= 11 is 0. The Morgan fingerprint density at radius 1 is 1.44 bits per heavy atom. The van der Waals surface area contributed by atoms with E-state index in [0.717, 1.165) is 5.75 Å². The Kier molecular flexibility index (Phi) is 4.33. The van der Waals surface area contributed by atoms with Crippen molar-refractivity contribution in [3.05, 3.63) is 29.8 Å². The minimum absolute atomic E-state index is 0.191. The Bertz CT molecular complexity index is 334. The number of hydrogen-bond donors (Lipinski definition) is 2. The Balaban J connectivity index is 2.64. The molecule has 1 rings (SSSR count). The fraction of sp³-hybridized carbons (Fsp3) is 0.538. The maximum Gasteiger partial charge on any atom is 0.119 e. The SMILES string of the molecule is CC(C)c1cccc(OCC(C)(O)CN)c1. The lowest BCUT2D eigenvalue weighted by atomic mass is 10.0. The highest BCUT2D eigenvalue weighted by Gasteiger charge is 2.18. The summed E-state index contributed by atoms with van der Waals surface area (Å²) in [7, 11) is 0. The van der Waals surface area contributed by atoms with Crippen LogP contribution in [0.3, 0.4) is 0 Å². The molecule has 1 unspecified atom stereocenters. The smallest absolute Gasteiger partial charge is 0.119 e. The van der Waals surface area contributed by atoms with Crippen LogP contribution in [0.25, 0.3) is 0 Å². The molecule has 3 heteroatoms. The van der Waals surface area contributed by atoms with Crippen molar-refractivity contribution in [3.63, 3.8) is 0 Å². The molecule has 0 spiro atoms. The fourth-order valence-electron chi connectivity index (χ4n) is 1.26. The van der Waals surface area contributed by atoms with Crippen LogP contribution in [0.1, 0.15) is 32.3 Å². The first-order valence-electron chi connectivity index (χ1n) is 5.60. The van der Waals surface area contributed by atoms with Gasteiger partial charge in [-0.3, -0.25) is 0 Å². The molecule has 0 aliphatic carbocycles. The maximum atomic E-state index is 9.71. The first-order valence-corrected chi connectivity index (χ1v) is 5.60. The largest absolute Gasteiger partial charge is 0.491 e. The predicted molar refractivity (Wildman–Crippen MR) is 65.7 cm³/mol. The highest BCUT2D eigenvalue weighted by atomic mass is 16.5. The van der Waals surface area contributed by atoms with E-state index < -0.39 is 5.60 Å². The van der Waals surface area contributed by atoms with Crippen molar-refractivity contribution in [2.75, 3.05) is 13.2 Å². The lowest BCUT2D eigenvalue weighted by Gasteiger charge is -2.21. The summed E-state index contributed by atoms with van der Waals surface area (Å²) in [5.41, 5.74) is 5.68. The van der Waals surface area contributed by atoms with Crippen molar-refractivity contribution in [3.8, 4) is 5.75 Å². The van der Waals surface area contributed by atoms with Crippen molar-refractivity contribution >= 4 is 0 Å². The summed E-state index contributed by atoms with van der Waals surface area (Å²) in [6, 6.07) is 7.91. The van der Waals surface area contributed by atoms with E-state index in [9.17, 15) is 5.11 Å². The zero-order valence-corrected chi connectivity index (χ0v) is 10.2. The van der Waals surface area contributed by atoms with Gasteiger partial charge in [0.05, 0.1) is 0 Å². The van der Waals surface area contributed by atoms with Gasteiger partial charge < -0.3 is 15.6 Å². The molecule has 1 aromatic carbocycles. The van der Waals surface area contributed by atoms with E-state index in [1.165, 1.54) is 5.56 Å². The van der Waals surface area contributed by atoms with Crippen LogP contribution in [-0.2, 0) is 0 Å². The second kappa shape index (κ2) is 5.32. The molecular weight excluding hydrogens is 202 g/mol. The summed E-state index contributed by atoms with van der Waals surface area (Å²) in [6.45, 7) is 6.34. The van der Waals surface area contributed by atoms with Gasteiger partial charge in [0.1, 0.15) is 18.0 Å². The quantitative estimate of drug-likeness (QED) is 0.801. The molecule has 0 heterocycles. The third kappa shape index (κ3) is 3.83. The minimum atomic E-state index is -0.964. The van der Waals surface area contributed by atoms with Crippen molar-refractivity contribution in [1.29, 1.82) is 0 Å². The predicted octanol–water partition coefficient (Wildman–Crippen LogP) is 1.90. The monoisotopic (exact) mass is 223 g/mol. The van der Waals surface area contributed by atoms with Crippen molar-refractivity contribution < 1.29 is 9.84 Å². The van der Waals surface area contributed by atoms with E-state index in [4.69, 9.17) is 10.5 Å². The molecule has 0 saturated heterocycles. The molecule has 3 nitrogen and oxygen atoms in total. The van der Waals surface area contributed by atoms with Crippen LogP contribution in [0, 0.1) is 0 Å². The van der Waals surface area contributed by atoms with Crippen LogP contribution in [-0.4, -0.2) is 23.9 Å². The van der Waals surface area contributed by atoms with E-state index in [1.807, 2.05) is 18.2 Å². The van der Waals surface area contributed by atoms with Gasteiger partial charge in [0, 0.05) is 6.54 Å². The lowest BCUT2D eigenvalue weighted by molar-refractivity contribution is 0.0195. The van der Waals surface area contributed by atoms with Crippen LogP contribution in [0.2, 0.25) is 0 Å². The van der Waals surface area contributed by atoms with E-state index in [-0.39, 0.29) is 13.2 Å². The Labute approximate surface area is 97.2 Å². The van der Waals surface area contributed by atoms with Gasteiger partial charge in [0.25, 0.3) is 0 Å². The van der Waals surface area contributed by atoms with Gasteiger partial charge in [-0.25, -0.2) is 0 Å². The topological polar surface area (TPSA) is 55.5 Å². The molecule has 0 radical (unpaired) electrons. The number of benzene rings is 1. The molecule has 0 saturated carbocycles. The van der Waals surface area contributed by atoms with Crippen molar-refractivity contribution in [2.24, 2.45) is 5.73 Å². The molecule has 0 bridgehead atoms. The van der Waals surface area contributed by atoms with Crippen LogP contribution in [0.4, 0.5) is 0 Å². The van der Waals surface area contributed by atoms with Crippen molar-refractivity contribution in [2.45, 2.75) is 32.3 Å². The minimum Gasteiger partial charge on any atom is -0.491 e. The molecule has 0 amide bonds. The first-order chi connectivity index (χ1) is 7.44. The number of hydrogen-bond acceptors (Lipinski definition) is 3. The van der Waals surface area contributed by atoms with Crippen molar-refractivity contribution in [1.82, 2.24) is 0 Å². The molecule has 0 fully saturated rings. The molecule has 0 aromatic heterocycles. The second-order valence-electron chi connectivity index (χ2n) is 4.72. The first kappa shape index (κ1) is 13.0. The third-order valence-electron chi connectivity index (χ3n) is 2.51. The molecule has 1 atom stereocenters. The molecule has 0 aliphatic heterocycles. The molecule has 0 aliphatic rings. The molecule has 1 aromatic rings. The zero-order valence-electron chi connectivity index (χ0n) is 10.2. The highest BCUT2D eigenvalue weighted by molar-refractivity contribution is 5.30. The number of ether oxygens (including phenoxy) is 1. The van der Waals surface area contributed by atoms with Gasteiger partial charge in [-0.15, -0.1) is 0 Å². The van der Waals surface area contributed by atoms with Gasteiger partial charge >= 0.3 is 0 Å². The van der Waals surface area contributed by atoms with Gasteiger partial charge in [-0.2, -0.15) is 0 Å².